The van der Waals surface area contributed by atoms with Gasteiger partial charge in [0.15, 0.2) is 0 Å². The number of thiophene rings is 1. The molecule has 0 aliphatic heterocycles. The molecule has 0 unspecified atom stereocenters. The molecular weight excluding hydrogens is 284 g/mol. The van der Waals surface area contributed by atoms with Crippen molar-refractivity contribution in [3.8, 4) is 5.75 Å². The van der Waals surface area contributed by atoms with Gasteiger partial charge in [0.2, 0.25) is 0 Å². The zero-order valence-corrected chi connectivity index (χ0v) is 13.3. The molecule has 3 N–H and O–H groups in total. The number of nitrogen functional groups attached to an aromatic ring is 1. The van der Waals surface area contributed by atoms with Crippen LogP contribution < -0.4 is 15.8 Å². The van der Waals surface area contributed by atoms with Gasteiger partial charge < -0.3 is 15.8 Å². The van der Waals surface area contributed by atoms with E-state index in [9.17, 15) is 4.79 Å². The lowest BCUT2D eigenvalue weighted by atomic mass is 9.98. The molecule has 5 heteroatoms. The van der Waals surface area contributed by atoms with Crippen LogP contribution in [0.4, 0.5) is 5.69 Å². The molecule has 2 aromatic rings. The Kier molecular flexibility index (Phi) is 3.32. The SMILES string of the molecule is COc1ccc2c(N)c(C(=O)NC(C)(C)C3CC3)sc2c1. The van der Waals surface area contributed by atoms with Gasteiger partial charge in [0.25, 0.3) is 5.91 Å². The highest BCUT2D eigenvalue weighted by Crippen LogP contribution is 2.40. The summed E-state index contributed by atoms with van der Waals surface area (Å²) < 4.78 is 6.19. The smallest absolute Gasteiger partial charge is 0.263 e. The van der Waals surface area contributed by atoms with Crippen molar-refractivity contribution in [3.05, 3.63) is 23.1 Å². The first kappa shape index (κ1) is 14.2. The highest BCUT2D eigenvalue weighted by Gasteiger charge is 2.39. The number of nitrogens with one attached hydrogen (secondary N) is 1. The van der Waals surface area contributed by atoms with Gasteiger partial charge >= 0.3 is 0 Å². The molecule has 1 amide bonds. The second-order valence-corrected chi connectivity index (χ2v) is 7.21. The molecule has 0 radical (unpaired) electrons. The maximum Gasteiger partial charge on any atom is 0.263 e. The number of carbonyl (C=O) groups excluding carboxylic acids is 1. The molecule has 1 aliphatic carbocycles. The molecule has 4 nitrogen and oxygen atoms in total. The summed E-state index contributed by atoms with van der Waals surface area (Å²) >= 11 is 1.42. The van der Waals surface area contributed by atoms with E-state index in [1.54, 1.807) is 7.11 Å². The molecule has 0 spiro atoms. The lowest BCUT2D eigenvalue weighted by molar-refractivity contribution is 0.0908. The topological polar surface area (TPSA) is 64.3 Å². The van der Waals surface area contributed by atoms with E-state index in [0.717, 1.165) is 15.8 Å². The van der Waals surface area contributed by atoms with E-state index in [0.29, 0.717) is 16.5 Å². The Bertz CT molecular complexity index is 702. The summed E-state index contributed by atoms with van der Waals surface area (Å²) in [6, 6.07) is 5.68. The van der Waals surface area contributed by atoms with E-state index < -0.39 is 0 Å². The summed E-state index contributed by atoms with van der Waals surface area (Å²) in [5.74, 6) is 1.27. The van der Waals surface area contributed by atoms with Crippen molar-refractivity contribution in [2.24, 2.45) is 5.92 Å². The van der Waals surface area contributed by atoms with Gasteiger partial charge in [-0.25, -0.2) is 0 Å². The van der Waals surface area contributed by atoms with Gasteiger partial charge in [0, 0.05) is 15.6 Å². The van der Waals surface area contributed by atoms with Crippen molar-refractivity contribution in [1.82, 2.24) is 5.32 Å². The Hall–Kier alpha value is -1.75. The number of hydrogen-bond acceptors (Lipinski definition) is 4. The molecule has 1 saturated carbocycles. The molecule has 112 valence electrons. The van der Waals surface area contributed by atoms with E-state index in [1.165, 1.54) is 24.2 Å². The minimum atomic E-state index is -0.169. The average molecular weight is 304 g/mol. The van der Waals surface area contributed by atoms with Crippen LogP contribution in [0.25, 0.3) is 10.1 Å². The highest BCUT2D eigenvalue weighted by atomic mass is 32.1. The maximum atomic E-state index is 12.5. The first-order valence-corrected chi connectivity index (χ1v) is 7.92. The standard InChI is InChI=1S/C16H20N2O2S/c1-16(2,9-4-5-9)18-15(19)14-13(17)11-7-6-10(20-3)8-12(11)21-14/h6-9H,4-5,17H2,1-3H3,(H,18,19). The zero-order chi connectivity index (χ0) is 15.2. The molecule has 0 atom stereocenters. The van der Waals surface area contributed by atoms with E-state index in [4.69, 9.17) is 10.5 Å². The van der Waals surface area contributed by atoms with Crippen LogP contribution >= 0.6 is 11.3 Å². The molecule has 1 heterocycles. The van der Waals surface area contributed by atoms with Crippen molar-refractivity contribution in [1.29, 1.82) is 0 Å². The Balaban J connectivity index is 1.92. The predicted octanol–water partition coefficient (Wildman–Crippen LogP) is 3.41. The Morgan fingerprint density at radius 3 is 2.76 bits per heavy atom. The van der Waals surface area contributed by atoms with Gasteiger partial charge in [-0.3, -0.25) is 4.79 Å². The lowest BCUT2D eigenvalue weighted by Crippen LogP contribution is -2.45. The minimum absolute atomic E-state index is 0.0791. The van der Waals surface area contributed by atoms with Crippen LogP contribution in [0.1, 0.15) is 36.4 Å². The minimum Gasteiger partial charge on any atom is -0.497 e. The molecule has 1 aromatic carbocycles. The maximum absolute atomic E-state index is 12.5. The first-order chi connectivity index (χ1) is 9.92. The van der Waals surface area contributed by atoms with Crippen LogP contribution in [-0.4, -0.2) is 18.6 Å². The lowest BCUT2D eigenvalue weighted by Gasteiger charge is -2.25. The van der Waals surface area contributed by atoms with Crippen LogP contribution in [-0.2, 0) is 0 Å². The number of carbonyl (C=O) groups is 1. The van der Waals surface area contributed by atoms with Gasteiger partial charge in [-0.05, 0) is 50.8 Å². The highest BCUT2D eigenvalue weighted by molar-refractivity contribution is 7.21. The quantitative estimate of drug-likeness (QED) is 0.909. The summed E-state index contributed by atoms with van der Waals surface area (Å²) in [5, 5.41) is 4.04. The van der Waals surface area contributed by atoms with Gasteiger partial charge in [0.1, 0.15) is 10.6 Å². The number of nitrogens with two attached hydrogens (primary N) is 1. The third-order valence-electron chi connectivity index (χ3n) is 4.18. The predicted molar refractivity (Wildman–Crippen MR) is 87.1 cm³/mol. The van der Waals surface area contributed by atoms with E-state index in [2.05, 4.69) is 19.2 Å². The second-order valence-electron chi connectivity index (χ2n) is 6.16. The summed E-state index contributed by atoms with van der Waals surface area (Å²) in [6.45, 7) is 4.16. The number of amides is 1. The third-order valence-corrected chi connectivity index (χ3v) is 5.34. The zero-order valence-electron chi connectivity index (χ0n) is 12.5. The summed E-state index contributed by atoms with van der Waals surface area (Å²) in [4.78, 5) is 13.1. The van der Waals surface area contributed by atoms with Crippen LogP contribution in [0.5, 0.6) is 5.75 Å². The molecule has 1 fully saturated rings. The molecule has 3 rings (SSSR count). The number of ether oxygens (including phenoxy) is 1. The van der Waals surface area contributed by atoms with Crippen LogP contribution in [0, 0.1) is 5.92 Å². The largest absolute Gasteiger partial charge is 0.497 e. The van der Waals surface area contributed by atoms with E-state index >= 15 is 0 Å². The average Bonchev–Trinajstić information content (AvgIpc) is 3.24. The fourth-order valence-corrected chi connectivity index (χ4v) is 3.70. The number of fused-ring (bicyclic) bond motifs is 1. The molecular formula is C16H20N2O2S. The monoisotopic (exact) mass is 304 g/mol. The van der Waals surface area contributed by atoms with Crippen LogP contribution in [0.2, 0.25) is 0 Å². The third kappa shape index (κ3) is 2.58. The molecule has 21 heavy (non-hydrogen) atoms. The molecule has 0 saturated heterocycles. The second kappa shape index (κ2) is 4.91. The number of hydrogen-bond donors (Lipinski definition) is 2. The summed E-state index contributed by atoms with van der Waals surface area (Å²) in [6.07, 6.45) is 2.37. The number of anilines is 1. The van der Waals surface area contributed by atoms with Crippen molar-refractivity contribution in [2.45, 2.75) is 32.2 Å². The van der Waals surface area contributed by atoms with Crippen molar-refractivity contribution in [2.75, 3.05) is 12.8 Å². The normalized spacial score (nSPS) is 15.2. The first-order valence-electron chi connectivity index (χ1n) is 7.11. The summed E-state index contributed by atoms with van der Waals surface area (Å²) in [7, 11) is 1.63. The number of methoxy groups -OCH3 is 1. The Labute approximate surface area is 128 Å². The number of benzene rings is 1. The van der Waals surface area contributed by atoms with Crippen LogP contribution in [0.15, 0.2) is 18.2 Å². The molecule has 1 aliphatic rings. The molecule has 0 bridgehead atoms. The number of rotatable bonds is 4. The Morgan fingerprint density at radius 2 is 2.14 bits per heavy atom. The summed E-state index contributed by atoms with van der Waals surface area (Å²) in [5.41, 5.74) is 6.54. The van der Waals surface area contributed by atoms with Crippen molar-refractivity contribution < 1.29 is 9.53 Å². The fraction of sp³-hybridized carbons (Fsp3) is 0.438. The van der Waals surface area contributed by atoms with Gasteiger partial charge in [-0.2, -0.15) is 0 Å². The van der Waals surface area contributed by atoms with Crippen molar-refractivity contribution >= 4 is 33.0 Å². The van der Waals surface area contributed by atoms with Gasteiger partial charge in [-0.15, -0.1) is 11.3 Å². The van der Waals surface area contributed by atoms with E-state index in [1.807, 2.05) is 18.2 Å². The van der Waals surface area contributed by atoms with Gasteiger partial charge in [0.05, 0.1) is 12.8 Å². The van der Waals surface area contributed by atoms with Crippen molar-refractivity contribution in [3.63, 3.8) is 0 Å². The fourth-order valence-electron chi connectivity index (χ4n) is 2.65. The Morgan fingerprint density at radius 1 is 1.43 bits per heavy atom. The van der Waals surface area contributed by atoms with Crippen LogP contribution in [0.3, 0.4) is 0 Å². The van der Waals surface area contributed by atoms with Gasteiger partial charge in [-0.1, -0.05) is 0 Å². The molecule has 1 aromatic heterocycles. The van der Waals surface area contributed by atoms with E-state index in [-0.39, 0.29) is 11.4 Å².